The number of likely N-dealkylation sites (tertiary alicyclic amines) is 1. The van der Waals surface area contributed by atoms with Crippen LogP contribution in [0.4, 0.5) is 5.69 Å². The second-order valence-electron chi connectivity index (χ2n) is 10.6. The summed E-state index contributed by atoms with van der Waals surface area (Å²) in [4.78, 5) is 54.5. The van der Waals surface area contributed by atoms with Gasteiger partial charge in [-0.05, 0) is 66.3 Å². The second-order valence-corrected chi connectivity index (χ2v) is 10.6. The lowest BCUT2D eigenvalue weighted by Gasteiger charge is -2.37. The van der Waals surface area contributed by atoms with E-state index in [1.54, 1.807) is 24.3 Å². The Morgan fingerprint density at radius 1 is 0.946 bits per heavy atom. The van der Waals surface area contributed by atoms with Crippen LogP contribution in [0.5, 0.6) is 0 Å². The average Bonchev–Trinajstić information content (AvgIpc) is 3.70. The minimum atomic E-state index is -0.960. The highest BCUT2D eigenvalue weighted by Gasteiger charge is 2.67. The van der Waals surface area contributed by atoms with E-state index in [2.05, 4.69) is 17.5 Å². The summed E-state index contributed by atoms with van der Waals surface area (Å²) in [7, 11) is 0. The standard InChI is InChI=1S/C30H30N2O5/c1-2-14-37-30(36)18-8-10-19(11-9-18)31-27(33)24(15-17-6-4-3-5-7-17)32-28(34)25-20-12-13-21(23-16-22(20)23)26(25)29(32)35/h3-13,20-26H,2,14-16H2,1H3,(H,31,33)/t20-,21-,22-,23-,24-,25+,26+/m0/s1. The van der Waals surface area contributed by atoms with Gasteiger partial charge in [0.05, 0.1) is 24.0 Å². The quantitative estimate of drug-likeness (QED) is 0.339. The van der Waals surface area contributed by atoms with Crippen LogP contribution in [0.3, 0.4) is 0 Å². The zero-order chi connectivity index (χ0) is 25.7. The monoisotopic (exact) mass is 498 g/mol. The van der Waals surface area contributed by atoms with Crippen LogP contribution < -0.4 is 5.32 Å². The summed E-state index contributed by atoms with van der Waals surface area (Å²) in [6.45, 7) is 2.27. The van der Waals surface area contributed by atoms with Crippen LogP contribution in [0.1, 0.15) is 35.7 Å². The average molecular weight is 499 g/mol. The van der Waals surface area contributed by atoms with Gasteiger partial charge in [0.25, 0.3) is 0 Å². The molecule has 2 aromatic carbocycles. The van der Waals surface area contributed by atoms with Crippen molar-refractivity contribution in [2.45, 2.75) is 32.2 Å². The first-order chi connectivity index (χ1) is 18.0. The van der Waals surface area contributed by atoms with E-state index in [9.17, 15) is 19.2 Å². The molecule has 0 spiro atoms. The molecule has 2 bridgehead atoms. The predicted molar refractivity (Wildman–Crippen MR) is 136 cm³/mol. The molecule has 7 nitrogen and oxygen atoms in total. The van der Waals surface area contributed by atoms with Crippen LogP contribution in [0.2, 0.25) is 0 Å². The molecule has 3 fully saturated rings. The molecule has 5 aliphatic rings. The van der Waals surface area contributed by atoms with E-state index < -0.39 is 17.9 Å². The van der Waals surface area contributed by atoms with E-state index in [1.807, 2.05) is 37.3 Å². The lowest BCUT2D eigenvalue weighted by molar-refractivity contribution is -0.146. The second kappa shape index (κ2) is 9.29. The Kier molecular flexibility index (Phi) is 5.94. The number of allylic oxidation sites excluding steroid dienone is 2. The number of ether oxygens (including phenoxy) is 1. The maximum absolute atomic E-state index is 13.7. The number of nitrogens with zero attached hydrogens (tertiary/aromatic N) is 1. The van der Waals surface area contributed by atoms with Crippen LogP contribution >= 0.6 is 0 Å². The van der Waals surface area contributed by atoms with E-state index in [4.69, 9.17) is 4.74 Å². The summed E-state index contributed by atoms with van der Waals surface area (Å²) in [5.74, 6) is -0.793. The van der Waals surface area contributed by atoms with Gasteiger partial charge in [0, 0.05) is 12.1 Å². The third kappa shape index (κ3) is 4.06. The third-order valence-electron chi connectivity index (χ3n) is 8.41. The fraction of sp³-hybridized carbons (Fsp3) is 0.400. The summed E-state index contributed by atoms with van der Waals surface area (Å²) in [6.07, 6.45) is 6.33. The molecule has 4 aliphatic carbocycles. The van der Waals surface area contributed by atoms with Gasteiger partial charge < -0.3 is 10.1 Å². The van der Waals surface area contributed by atoms with Gasteiger partial charge >= 0.3 is 5.97 Å². The third-order valence-corrected chi connectivity index (χ3v) is 8.41. The van der Waals surface area contributed by atoms with Gasteiger partial charge in [-0.15, -0.1) is 0 Å². The van der Waals surface area contributed by atoms with Gasteiger partial charge in [-0.2, -0.15) is 0 Å². The van der Waals surface area contributed by atoms with Crippen molar-refractivity contribution in [3.8, 4) is 0 Å². The molecule has 7 atom stereocenters. The minimum Gasteiger partial charge on any atom is -0.462 e. The number of esters is 1. The Morgan fingerprint density at radius 3 is 2.16 bits per heavy atom. The Balaban J connectivity index is 1.25. The lowest BCUT2D eigenvalue weighted by Crippen LogP contribution is -2.49. The lowest BCUT2D eigenvalue weighted by atomic mass is 9.63. The largest absolute Gasteiger partial charge is 0.462 e. The van der Waals surface area contributed by atoms with E-state index >= 15 is 0 Å². The summed E-state index contributed by atoms with van der Waals surface area (Å²) in [5.41, 5.74) is 1.74. The van der Waals surface area contributed by atoms with Crippen LogP contribution in [-0.2, 0) is 25.5 Å². The van der Waals surface area contributed by atoms with Gasteiger partial charge in [-0.3, -0.25) is 19.3 Å². The van der Waals surface area contributed by atoms with Crippen molar-refractivity contribution in [3.05, 3.63) is 77.9 Å². The highest BCUT2D eigenvalue weighted by molar-refractivity contribution is 6.10. The maximum atomic E-state index is 13.7. The van der Waals surface area contributed by atoms with Gasteiger partial charge in [0.15, 0.2) is 0 Å². The number of benzene rings is 2. The summed E-state index contributed by atoms with van der Waals surface area (Å²) >= 11 is 0. The van der Waals surface area contributed by atoms with Gasteiger partial charge in [0.2, 0.25) is 17.7 Å². The van der Waals surface area contributed by atoms with Crippen molar-refractivity contribution in [1.29, 1.82) is 0 Å². The molecular formula is C30H30N2O5. The highest BCUT2D eigenvalue weighted by Crippen LogP contribution is 2.65. The molecule has 0 unspecified atom stereocenters. The number of carbonyl (C=O) groups is 4. The molecule has 1 saturated heterocycles. The number of imide groups is 1. The highest BCUT2D eigenvalue weighted by atomic mass is 16.5. The normalized spacial score (nSPS) is 29.5. The fourth-order valence-corrected chi connectivity index (χ4v) is 6.62. The number of amides is 3. The van der Waals surface area contributed by atoms with Gasteiger partial charge in [-0.25, -0.2) is 4.79 Å². The number of nitrogens with one attached hydrogen (secondary N) is 1. The summed E-state index contributed by atoms with van der Waals surface area (Å²) in [5, 5.41) is 2.87. The summed E-state index contributed by atoms with van der Waals surface area (Å²) in [6, 6.07) is 14.9. The van der Waals surface area contributed by atoms with Crippen LogP contribution in [-0.4, -0.2) is 41.2 Å². The van der Waals surface area contributed by atoms with E-state index in [0.29, 0.717) is 29.7 Å². The number of hydrogen-bond acceptors (Lipinski definition) is 5. The SMILES string of the molecule is CCCOC(=O)c1ccc(NC(=O)[C@H](Cc2ccccc2)N2C(=O)[C@@H]3[C@H]4C=C[C@@H]([C@@H]5C[C@@H]45)[C@H]3C2=O)cc1. The Labute approximate surface area is 215 Å². The Morgan fingerprint density at radius 2 is 1.57 bits per heavy atom. The summed E-state index contributed by atoms with van der Waals surface area (Å²) < 4.78 is 5.16. The maximum Gasteiger partial charge on any atom is 0.338 e. The Bertz CT molecular complexity index is 1230. The number of carbonyl (C=O) groups excluding carboxylic acids is 4. The Hall–Kier alpha value is -3.74. The van der Waals surface area contributed by atoms with Crippen molar-refractivity contribution in [2.75, 3.05) is 11.9 Å². The molecule has 3 amide bonds. The molecule has 190 valence electrons. The van der Waals surface area contributed by atoms with Crippen molar-refractivity contribution in [1.82, 2.24) is 4.90 Å². The zero-order valence-corrected chi connectivity index (χ0v) is 20.7. The van der Waals surface area contributed by atoms with Crippen LogP contribution in [0, 0.1) is 35.5 Å². The molecule has 7 heteroatoms. The predicted octanol–water partition coefficient (Wildman–Crippen LogP) is 3.86. The van der Waals surface area contributed by atoms with Crippen molar-refractivity contribution in [3.63, 3.8) is 0 Å². The molecule has 0 radical (unpaired) electrons. The van der Waals surface area contributed by atoms with E-state index in [-0.39, 0.29) is 41.9 Å². The molecule has 7 rings (SSSR count). The topological polar surface area (TPSA) is 92.8 Å². The molecule has 0 aromatic heterocycles. The molecule has 1 N–H and O–H groups in total. The van der Waals surface area contributed by atoms with Crippen LogP contribution in [0.25, 0.3) is 0 Å². The molecule has 1 aliphatic heterocycles. The van der Waals surface area contributed by atoms with E-state index in [1.165, 1.54) is 4.90 Å². The molecule has 1 heterocycles. The minimum absolute atomic E-state index is 0.0990. The first-order valence-corrected chi connectivity index (χ1v) is 13.1. The first-order valence-electron chi connectivity index (χ1n) is 13.1. The van der Waals surface area contributed by atoms with Gasteiger partial charge in [0.1, 0.15) is 6.04 Å². The van der Waals surface area contributed by atoms with E-state index in [0.717, 1.165) is 18.4 Å². The molecule has 37 heavy (non-hydrogen) atoms. The van der Waals surface area contributed by atoms with Crippen molar-refractivity contribution in [2.24, 2.45) is 35.5 Å². The fourth-order valence-electron chi connectivity index (χ4n) is 6.62. The van der Waals surface area contributed by atoms with Gasteiger partial charge in [-0.1, -0.05) is 49.4 Å². The number of rotatable bonds is 8. The molecule has 2 aromatic rings. The van der Waals surface area contributed by atoms with Crippen LogP contribution in [0.15, 0.2) is 66.7 Å². The molecular weight excluding hydrogens is 468 g/mol. The van der Waals surface area contributed by atoms with Crippen molar-refractivity contribution >= 4 is 29.4 Å². The smallest absolute Gasteiger partial charge is 0.338 e. The molecule has 2 saturated carbocycles. The first kappa shape index (κ1) is 23.6. The number of hydrogen-bond donors (Lipinski definition) is 1. The zero-order valence-electron chi connectivity index (χ0n) is 20.7. The number of anilines is 1. The van der Waals surface area contributed by atoms with Crippen molar-refractivity contribution < 1.29 is 23.9 Å².